The largest absolute Gasteiger partial charge is 0.310 e. The van der Waals surface area contributed by atoms with E-state index in [1.54, 1.807) is 0 Å². The van der Waals surface area contributed by atoms with Crippen LogP contribution in [0.3, 0.4) is 0 Å². The summed E-state index contributed by atoms with van der Waals surface area (Å²) in [5.74, 6) is 0. The molecule has 4 heteroatoms. The van der Waals surface area contributed by atoms with Crippen LogP contribution >= 0.6 is 0 Å². The van der Waals surface area contributed by atoms with Crippen molar-refractivity contribution in [2.75, 3.05) is 4.90 Å². The Morgan fingerprint density at radius 1 is 0.305 bits per heavy atom. The molecule has 0 saturated carbocycles. The van der Waals surface area contributed by atoms with Gasteiger partial charge >= 0.3 is 0 Å². The predicted molar refractivity (Wildman–Crippen MR) is 358 cm³/mol. The van der Waals surface area contributed by atoms with Crippen molar-refractivity contribution in [3.63, 3.8) is 0 Å². The van der Waals surface area contributed by atoms with E-state index >= 15 is 0 Å². The molecule has 0 N–H and O–H groups in total. The van der Waals surface area contributed by atoms with Crippen LogP contribution in [0.1, 0.15) is 158 Å². The second-order valence-corrected chi connectivity index (χ2v) is 30.4. The molecule has 0 bridgehead atoms. The van der Waals surface area contributed by atoms with E-state index in [-0.39, 0.29) is 39.2 Å². The summed E-state index contributed by atoms with van der Waals surface area (Å²) in [5, 5.41) is 5.29. The highest BCUT2D eigenvalue weighted by atomic mass is 15.2. The summed E-state index contributed by atoms with van der Waals surface area (Å²) in [4.78, 5) is 2.56. The Balaban J connectivity index is 1.15. The van der Waals surface area contributed by atoms with Crippen molar-refractivity contribution in [1.29, 1.82) is 0 Å². The minimum atomic E-state index is -0.0976. The maximum absolute atomic E-state index is 2.70. The van der Waals surface area contributed by atoms with Crippen LogP contribution in [0.15, 0.2) is 170 Å². The van der Waals surface area contributed by atoms with Crippen LogP contribution in [0.4, 0.5) is 17.1 Å². The maximum atomic E-state index is 2.70. The van der Waals surface area contributed by atoms with Gasteiger partial charge < -0.3 is 14.0 Å². The van der Waals surface area contributed by atoms with E-state index < -0.39 is 0 Å². The fourth-order valence-electron chi connectivity index (χ4n) is 13.4. The van der Waals surface area contributed by atoms with Crippen molar-refractivity contribution in [2.45, 2.75) is 157 Å². The first-order valence-corrected chi connectivity index (χ1v) is 30.1. The SMILES string of the molecule is CC(C)(C)c1ccc(-c2ccc(N(c3ccc(-c4ccc(C(C)(C)C)cc4)cc3)c3ccc4c5c3-n3c6ccc(C(C)(C)C)cc6c6cc(C(C)(C)C)cc(c63)B5c3cc(C(C)(C)C)cc5c6cc(C(C)(C)C)ccc6n-4c35)cc2)cc1. The second-order valence-electron chi connectivity index (χ2n) is 30.4. The van der Waals surface area contributed by atoms with E-state index in [9.17, 15) is 0 Å². The fraction of sp³-hybridized carbons (Fsp3) is 0.308. The van der Waals surface area contributed by atoms with Crippen LogP contribution in [0.2, 0.25) is 0 Å². The van der Waals surface area contributed by atoms with Gasteiger partial charge in [-0.2, -0.15) is 0 Å². The van der Waals surface area contributed by atoms with Crippen molar-refractivity contribution in [1.82, 2.24) is 9.13 Å². The number of hydrogen-bond acceptors (Lipinski definition) is 1. The zero-order valence-electron chi connectivity index (χ0n) is 52.1. The molecule has 82 heavy (non-hydrogen) atoms. The molecule has 4 heterocycles. The fourth-order valence-corrected chi connectivity index (χ4v) is 13.4. The van der Waals surface area contributed by atoms with E-state index in [0.717, 1.165) is 17.1 Å². The van der Waals surface area contributed by atoms with E-state index in [2.05, 4.69) is 309 Å². The van der Waals surface area contributed by atoms with Crippen LogP contribution < -0.4 is 21.3 Å². The first kappa shape index (κ1) is 53.7. The van der Waals surface area contributed by atoms with Crippen molar-refractivity contribution in [3.05, 3.63) is 203 Å². The van der Waals surface area contributed by atoms with Crippen LogP contribution in [0, 0.1) is 0 Å². The first-order chi connectivity index (χ1) is 38.4. The topological polar surface area (TPSA) is 13.1 Å². The third kappa shape index (κ3) is 8.59. The number of benzene rings is 9. The normalized spacial score (nSPS) is 13.7. The first-order valence-electron chi connectivity index (χ1n) is 30.1. The smallest absolute Gasteiger partial charge is 0.252 e. The Bertz CT molecular complexity index is 4280. The monoisotopic (exact) mass is 1070 g/mol. The Labute approximate surface area is 489 Å². The van der Waals surface area contributed by atoms with Crippen molar-refractivity contribution < 1.29 is 0 Å². The second kappa shape index (κ2) is 18.0. The quantitative estimate of drug-likeness (QED) is 0.157. The molecule has 0 spiro atoms. The van der Waals surface area contributed by atoms with Gasteiger partial charge in [0, 0.05) is 49.6 Å². The highest BCUT2D eigenvalue weighted by Crippen LogP contribution is 2.48. The molecule has 2 aromatic heterocycles. The number of anilines is 3. The van der Waals surface area contributed by atoms with E-state index in [1.165, 1.54) is 127 Å². The van der Waals surface area contributed by atoms with Gasteiger partial charge in [0.15, 0.2) is 0 Å². The van der Waals surface area contributed by atoms with Crippen molar-refractivity contribution in [3.8, 4) is 33.6 Å². The molecular weight excluding hydrogens is 990 g/mol. The Hall–Kier alpha value is -7.56. The molecule has 2 aliphatic rings. The van der Waals surface area contributed by atoms with Crippen molar-refractivity contribution >= 4 is 83.8 Å². The molecule has 0 amide bonds. The minimum Gasteiger partial charge on any atom is -0.310 e. The molecule has 3 nitrogen and oxygen atoms in total. The molecule has 0 radical (unpaired) electrons. The van der Waals surface area contributed by atoms with Gasteiger partial charge in [-0.05, 0) is 177 Å². The Morgan fingerprint density at radius 2 is 0.634 bits per heavy atom. The lowest BCUT2D eigenvalue weighted by Gasteiger charge is -2.38. The molecule has 2 aliphatic heterocycles. The maximum Gasteiger partial charge on any atom is 0.252 e. The van der Waals surface area contributed by atoms with E-state index in [4.69, 9.17) is 0 Å². The van der Waals surface area contributed by atoms with Crippen LogP contribution in [-0.2, 0) is 32.5 Å². The molecule has 0 aliphatic carbocycles. The van der Waals surface area contributed by atoms with Gasteiger partial charge in [-0.3, -0.25) is 0 Å². The van der Waals surface area contributed by atoms with E-state index in [0.29, 0.717) is 0 Å². The summed E-state index contributed by atoms with van der Waals surface area (Å²) >= 11 is 0. The van der Waals surface area contributed by atoms with Gasteiger partial charge in [-0.15, -0.1) is 0 Å². The molecule has 0 unspecified atom stereocenters. The molecule has 13 rings (SSSR count). The highest BCUT2D eigenvalue weighted by Gasteiger charge is 2.44. The van der Waals surface area contributed by atoms with Gasteiger partial charge in [0.2, 0.25) is 0 Å². The van der Waals surface area contributed by atoms with Gasteiger partial charge in [0.05, 0.1) is 22.4 Å². The Kier molecular flexibility index (Phi) is 11.8. The molecule has 0 atom stereocenters. The summed E-state index contributed by atoms with van der Waals surface area (Å²) in [6, 6.07) is 66.9. The van der Waals surface area contributed by atoms with Gasteiger partial charge in [0.1, 0.15) is 0 Å². The van der Waals surface area contributed by atoms with Gasteiger partial charge in [-0.25, -0.2) is 0 Å². The van der Waals surface area contributed by atoms with Crippen molar-refractivity contribution in [2.24, 2.45) is 0 Å². The summed E-state index contributed by atoms with van der Waals surface area (Å²) in [5.41, 5.74) is 27.9. The zero-order chi connectivity index (χ0) is 58.1. The van der Waals surface area contributed by atoms with E-state index in [1.807, 2.05) is 0 Å². The molecular formula is C78H82BN3. The van der Waals surface area contributed by atoms with Crippen LogP contribution in [0.5, 0.6) is 0 Å². The molecule has 11 aromatic rings. The number of hydrogen-bond donors (Lipinski definition) is 0. The summed E-state index contributed by atoms with van der Waals surface area (Å²) in [6.45, 7) is 42.1. The standard InChI is InChI=1S/C78H82BN3/c1-73(2,3)51-27-19-47(20-28-51)49-23-33-57(34-24-49)80(58-35-25-50(26-36-58)48-21-29-52(30-22-48)74(4,5)6)68-40-39-67-69-72(68)82-66-38-32-54(76(10,11)12)42-60(66)62-44-56(78(16,17)18)46-64(71(62)82)79(69)63-45-55(77(13,14)15)43-61-59-41-53(75(7,8)9)31-37-65(59)81(67)70(61)63/h19-46H,1-18H3. The number of rotatable bonds is 5. The zero-order valence-corrected chi connectivity index (χ0v) is 52.1. The summed E-state index contributed by atoms with van der Waals surface area (Å²) in [7, 11) is 0. The third-order valence-corrected chi connectivity index (χ3v) is 18.5. The van der Waals surface area contributed by atoms with Gasteiger partial charge in [0.25, 0.3) is 6.71 Å². The molecule has 9 aromatic carbocycles. The van der Waals surface area contributed by atoms with Crippen LogP contribution in [0.25, 0.3) is 77.2 Å². The third-order valence-electron chi connectivity index (χ3n) is 18.5. The summed E-state index contributed by atoms with van der Waals surface area (Å²) in [6.07, 6.45) is 0. The highest BCUT2D eigenvalue weighted by molar-refractivity contribution is 7.00. The van der Waals surface area contributed by atoms with Crippen LogP contribution in [-0.4, -0.2) is 15.8 Å². The Morgan fingerprint density at radius 3 is 1.01 bits per heavy atom. The summed E-state index contributed by atoms with van der Waals surface area (Å²) < 4.78 is 5.35. The predicted octanol–water partition coefficient (Wildman–Crippen LogP) is 19.6. The molecule has 412 valence electrons. The van der Waals surface area contributed by atoms with Gasteiger partial charge in [-0.1, -0.05) is 222 Å². The lowest BCUT2D eigenvalue weighted by Crippen LogP contribution is -2.60. The minimum absolute atomic E-state index is 0.0111. The lowest BCUT2D eigenvalue weighted by atomic mass is 9.33. The number of fused-ring (bicyclic) bond motifs is 10. The lowest BCUT2D eigenvalue weighted by molar-refractivity contribution is 0.590. The number of aromatic nitrogens is 2. The molecule has 0 fully saturated rings. The molecule has 0 saturated heterocycles. The number of nitrogens with zero attached hydrogens (tertiary/aromatic N) is 3. The average Bonchev–Trinajstić information content (AvgIpc) is 4.18. The average molecular weight is 1070 g/mol.